The first-order valence-corrected chi connectivity index (χ1v) is 12.3. The molecule has 2 aliphatic rings. The van der Waals surface area contributed by atoms with Crippen molar-refractivity contribution >= 4 is 35.3 Å². The number of nitrogens with one attached hydrogen (secondary N) is 2. The number of amides is 2. The maximum atomic E-state index is 12.9. The fourth-order valence-corrected chi connectivity index (χ4v) is 5.80. The average molecular weight is 447 g/mol. The van der Waals surface area contributed by atoms with Gasteiger partial charge in [0.1, 0.15) is 11.4 Å². The first-order valence-electron chi connectivity index (χ1n) is 10.1. The summed E-state index contributed by atoms with van der Waals surface area (Å²) in [5, 5.41) is 7.03. The Morgan fingerprint density at radius 2 is 2.27 bits per heavy atom. The van der Waals surface area contributed by atoms with Crippen LogP contribution in [0.15, 0.2) is 35.6 Å². The molecule has 30 heavy (non-hydrogen) atoms. The second-order valence-corrected chi connectivity index (χ2v) is 9.60. The van der Waals surface area contributed by atoms with Gasteiger partial charge in [0.15, 0.2) is 5.16 Å². The molecule has 1 saturated heterocycles. The fraction of sp³-hybridized carbons (Fsp3) is 0.476. The van der Waals surface area contributed by atoms with Crippen LogP contribution in [0.25, 0.3) is 0 Å². The monoisotopic (exact) mass is 446 g/mol. The topological polar surface area (TPSA) is 85.2 Å². The van der Waals surface area contributed by atoms with Gasteiger partial charge in [0.25, 0.3) is 5.91 Å². The van der Waals surface area contributed by atoms with E-state index < -0.39 is 0 Å². The number of benzene rings is 1. The summed E-state index contributed by atoms with van der Waals surface area (Å²) < 4.78 is 7.29. The molecular formula is C21H26N4O3S2. The molecule has 1 fully saturated rings. The van der Waals surface area contributed by atoms with Crippen molar-refractivity contribution in [2.75, 3.05) is 30.9 Å². The highest BCUT2D eigenvalue weighted by Crippen LogP contribution is 2.26. The number of carbonyl (C=O) groups is 2. The number of methoxy groups -OCH3 is 1. The highest BCUT2D eigenvalue weighted by molar-refractivity contribution is 7.99. The molecule has 1 aromatic carbocycles. The Morgan fingerprint density at radius 1 is 1.37 bits per heavy atom. The molecule has 1 aromatic heterocycles. The smallest absolute Gasteiger partial charge is 0.269 e. The molecule has 2 unspecified atom stereocenters. The van der Waals surface area contributed by atoms with Crippen molar-refractivity contribution in [2.24, 2.45) is 5.92 Å². The number of hydrogen-bond donors (Lipinski definition) is 2. The van der Waals surface area contributed by atoms with E-state index in [0.717, 1.165) is 53.1 Å². The van der Waals surface area contributed by atoms with Gasteiger partial charge >= 0.3 is 0 Å². The molecule has 3 heterocycles. The SMILES string of the molecule is COc1cccc(C(CNC(=O)c2cnc3n2CCS3)NC(=O)C2CCCSC2)c1. The maximum Gasteiger partial charge on any atom is 0.269 e. The van der Waals surface area contributed by atoms with Crippen molar-refractivity contribution in [1.82, 2.24) is 20.2 Å². The molecular weight excluding hydrogens is 420 g/mol. The molecule has 160 valence electrons. The first-order chi connectivity index (χ1) is 14.7. The van der Waals surface area contributed by atoms with Crippen LogP contribution in [-0.4, -0.2) is 52.3 Å². The van der Waals surface area contributed by atoms with Crippen molar-refractivity contribution in [3.05, 3.63) is 41.7 Å². The Kier molecular flexibility index (Phi) is 6.89. The minimum Gasteiger partial charge on any atom is -0.497 e. The van der Waals surface area contributed by atoms with Crippen LogP contribution < -0.4 is 15.4 Å². The molecule has 0 bridgehead atoms. The predicted octanol–water partition coefficient (Wildman–Crippen LogP) is 2.73. The van der Waals surface area contributed by atoms with Crippen LogP contribution in [-0.2, 0) is 11.3 Å². The highest BCUT2D eigenvalue weighted by Gasteiger charge is 2.26. The standard InChI is InChI=1S/C21H26N4O3S2/c1-28-16-6-2-4-14(10-16)17(24-19(26)15-5-3-8-29-13-15)11-22-20(27)18-12-23-21-25(18)7-9-30-21/h2,4,6,10,12,15,17H,3,5,7-9,11,13H2,1H3,(H,22,27)(H,24,26). The van der Waals surface area contributed by atoms with Gasteiger partial charge in [-0.2, -0.15) is 11.8 Å². The lowest BCUT2D eigenvalue weighted by molar-refractivity contribution is -0.125. The van der Waals surface area contributed by atoms with Crippen LogP contribution in [0.4, 0.5) is 0 Å². The zero-order valence-corrected chi connectivity index (χ0v) is 18.6. The number of nitrogens with zero attached hydrogens (tertiary/aromatic N) is 2. The molecule has 2 atom stereocenters. The third-order valence-corrected chi connectivity index (χ3v) is 7.59. The number of hydrogen-bond acceptors (Lipinski definition) is 6. The zero-order valence-electron chi connectivity index (χ0n) is 16.9. The molecule has 4 rings (SSSR count). The number of aromatic nitrogens is 2. The van der Waals surface area contributed by atoms with E-state index in [1.807, 2.05) is 40.6 Å². The Labute approximate surface area is 184 Å². The van der Waals surface area contributed by atoms with Gasteiger partial charge in [0, 0.05) is 30.5 Å². The molecule has 0 saturated carbocycles. The van der Waals surface area contributed by atoms with Gasteiger partial charge in [-0.05, 0) is 36.3 Å². The lowest BCUT2D eigenvalue weighted by atomic mass is 10.0. The van der Waals surface area contributed by atoms with Crippen LogP contribution in [0, 0.1) is 5.92 Å². The molecule has 9 heteroatoms. The lowest BCUT2D eigenvalue weighted by Crippen LogP contribution is -2.41. The van der Waals surface area contributed by atoms with Crippen molar-refractivity contribution in [2.45, 2.75) is 30.6 Å². The van der Waals surface area contributed by atoms with E-state index in [9.17, 15) is 9.59 Å². The third kappa shape index (κ3) is 4.78. The number of fused-ring (bicyclic) bond motifs is 1. The van der Waals surface area contributed by atoms with Gasteiger partial charge < -0.3 is 19.9 Å². The Morgan fingerprint density at radius 3 is 3.07 bits per heavy atom. The summed E-state index contributed by atoms with van der Waals surface area (Å²) in [6, 6.07) is 7.28. The van der Waals surface area contributed by atoms with E-state index >= 15 is 0 Å². The van der Waals surface area contributed by atoms with Gasteiger partial charge in [0.2, 0.25) is 5.91 Å². The van der Waals surface area contributed by atoms with Crippen molar-refractivity contribution in [1.29, 1.82) is 0 Å². The quantitative estimate of drug-likeness (QED) is 0.680. The minimum atomic E-state index is -0.334. The van der Waals surface area contributed by atoms with E-state index in [4.69, 9.17) is 4.74 Å². The summed E-state index contributed by atoms with van der Waals surface area (Å²) in [5.74, 6) is 3.51. The molecule has 2 amide bonds. The fourth-order valence-electron chi connectivity index (χ4n) is 3.73. The minimum absolute atomic E-state index is 0.0164. The number of carbonyl (C=O) groups excluding carboxylic acids is 2. The third-order valence-electron chi connectivity index (χ3n) is 5.41. The van der Waals surface area contributed by atoms with Crippen LogP contribution in [0.3, 0.4) is 0 Å². The first kappa shape index (κ1) is 21.1. The molecule has 2 N–H and O–H groups in total. The summed E-state index contributed by atoms with van der Waals surface area (Å²) in [4.78, 5) is 30.0. The summed E-state index contributed by atoms with van der Waals surface area (Å²) in [5.41, 5.74) is 1.47. The second-order valence-electron chi connectivity index (χ2n) is 7.39. The Hall–Kier alpha value is -2.13. The molecule has 2 aliphatic heterocycles. The van der Waals surface area contributed by atoms with E-state index in [2.05, 4.69) is 15.6 Å². The number of thioether (sulfide) groups is 2. The number of rotatable bonds is 7. The van der Waals surface area contributed by atoms with Gasteiger partial charge in [-0.3, -0.25) is 9.59 Å². The van der Waals surface area contributed by atoms with Crippen LogP contribution in [0.1, 0.15) is 34.9 Å². The van der Waals surface area contributed by atoms with Gasteiger partial charge in [-0.25, -0.2) is 4.98 Å². The zero-order chi connectivity index (χ0) is 20.9. The van der Waals surface area contributed by atoms with Crippen molar-refractivity contribution in [3.8, 4) is 5.75 Å². The maximum absolute atomic E-state index is 12.9. The highest BCUT2D eigenvalue weighted by atomic mass is 32.2. The molecule has 7 nitrogen and oxygen atoms in total. The summed E-state index contributed by atoms with van der Waals surface area (Å²) >= 11 is 3.48. The molecule has 0 aliphatic carbocycles. The second kappa shape index (κ2) is 9.78. The summed E-state index contributed by atoms with van der Waals surface area (Å²) in [7, 11) is 1.62. The summed E-state index contributed by atoms with van der Waals surface area (Å²) in [6.07, 6.45) is 3.60. The van der Waals surface area contributed by atoms with Gasteiger partial charge in [0.05, 0.1) is 19.3 Å². The largest absolute Gasteiger partial charge is 0.497 e. The van der Waals surface area contributed by atoms with Crippen LogP contribution in [0.5, 0.6) is 5.75 Å². The van der Waals surface area contributed by atoms with Crippen molar-refractivity contribution < 1.29 is 14.3 Å². The summed E-state index contributed by atoms with van der Waals surface area (Å²) in [6.45, 7) is 1.09. The van der Waals surface area contributed by atoms with E-state index in [-0.39, 0.29) is 23.8 Å². The average Bonchev–Trinajstić information content (AvgIpc) is 3.41. The number of imidazole rings is 1. The van der Waals surface area contributed by atoms with Crippen LogP contribution >= 0.6 is 23.5 Å². The van der Waals surface area contributed by atoms with Crippen molar-refractivity contribution in [3.63, 3.8) is 0 Å². The van der Waals surface area contributed by atoms with E-state index in [1.165, 1.54) is 0 Å². The molecule has 0 spiro atoms. The number of ether oxygens (including phenoxy) is 1. The Balaban J connectivity index is 1.47. The van der Waals surface area contributed by atoms with Gasteiger partial charge in [-0.15, -0.1) is 0 Å². The van der Waals surface area contributed by atoms with Crippen LogP contribution in [0.2, 0.25) is 0 Å². The van der Waals surface area contributed by atoms with E-state index in [1.54, 1.807) is 25.1 Å². The molecule has 0 radical (unpaired) electrons. The molecule has 2 aromatic rings. The normalized spacial score (nSPS) is 19.0. The van der Waals surface area contributed by atoms with Gasteiger partial charge in [-0.1, -0.05) is 23.9 Å². The predicted molar refractivity (Wildman–Crippen MR) is 119 cm³/mol. The Bertz CT molecular complexity index is 911. The van der Waals surface area contributed by atoms with E-state index in [0.29, 0.717) is 12.2 Å². The lowest BCUT2D eigenvalue weighted by Gasteiger charge is -2.25.